The Morgan fingerprint density at radius 2 is 2.28 bits per heavy atom. The van der Waals surface area contributed by atoms with Gasteiger partial charge in [0.15, 0.2) is 5.78 Å². The molecular weight excluding hydrogens is 228 g/mol. The molecule has 0 saturated heterocycles. The van der Waals surface area contributed by atoms with E-state index in [4.69, 9.17) is 9.15 Å². The first-order valence-electron chi connectivity index (χ1n) is 5.95. The number of fused-ring (bicyclic) bond motifs is 1. The Hall–Kier alpha value is -2.03. The highest BCUT2D eigenvalue weighted by molar-refractivity contribution is 6.17. The molecule has 0 amide bonds. The lowest BCUT2D eigenvalue weighted by molar-refractivity contribution is 0.104. The standard InChI is InChI=1S/C15H14O3/c1-8(2)9(3)17-5-4-10-11-6-13(16)12-7-14(10)18-15(11)12/h6-7,10H,1,3-5H2,2H3. The van der Waals surface area contributed by atoms with Crippen molar-refractivity contribution < 1.29 is 13.9 Å². The van der Waals surface area contributed by atoms with Crippen LogP contribution in [0.5, 0.6) is 0 Å². The molecule has 0 saturated carbocycles. The molecule has 18 heavy (non-hydrogen) atoms. The topological polar surface area (TPSA) is 39.4 Å². The Morgan fingerprint density at radius 3 is 3.00 bits per heavy atom. The smallest absolute Gasteiger partial charge is 0.190 e. The van der Waals surface area contributed by atoms with Gasteiger partial charge in [-0.3, -0.25) is 4.79 Å². The van der Waals surface area contributed by atoms with E-state index in [1.807, 2.05) is 13.0 Å². The maximum Gasteiger partial charge on any atom is 0.190 e. The zero-order chi connectivity index (χ0) is 12.9. The molecule has 3 nitrogen and oxygen atoms in total. The van der Waals surface area contributed by atoms with Crippen LogP contribution in [0.1, 0.15) is 41.1 Å². The summed E-state index contributed by atoms with van der Waals surface area (Å²) in [6, 6.07) is 1.85. The molecule has 2 aliphatic rings. The third-order valence-electron chi connectivity index (χ3n) is 3.44. The zero-order valence-corrected chi connectivity index (χ0v) is 10.3. The van der Waals surface area contributed by atoms with Gasteiger partial charge >= 0.3 is 0 Å². The van der Waals surface area contributed by atoms with Crippen LogP contribution in [0.25, 0.3) is 5.57 Å². The van der Waals surface area contributed by atoms with E-state index < -0.39 is 0 Å². The second kappa shape index (κ2) is 3.73. The largest absolute Gasteiger partial charge is 0.494 e. The number of hydrogen-bond donors (Lipinski definition) is 0. The summed E-state index contributed by atoms with van der Waals surface area (Å²) in [4.78, 5) is 11.6. The fourth-order valence-electron chi connectivity index (χ4n) is 2.40. The third-order valence-corrected chi connectivity index (χ3v) is 3.44. The van der Waals surface area contributed by atoms with Gasteiger partial charge in [0.1, 0.15) is 17.3 Å². The van der Waals surface area contributed by atoms with Crippen molar-refractivity contribution in [3.8, 4) is 0 Å². The van der Waals surface area contributed by atoms with Gasteiger partial charge in [-0.05, 0) is 31.1 Å². The summed E-state index contributed by atoms with van der Waals surface area (Å²) in [6.07, 6.45) is 2.47. The summed E-state index contributed by atoms with van der Waals surface area (Å²) in [5.41, 5.74) is 2.55. The van der Waals surface area contributed by atoms with E-state index >= 15 is 0 Å². The first kappa shape index (κ1) is 11.1. The van der Waals surface area contributed by atoms with E-state index in [1.54, 1.807) is 6.08 Å². The number of furan rings is 1. The molecule has 1 unspecified atom stereocenters. The van der Waals surface area contributed by atoms with Crippen LogP contribution in [0.15, 0.2) is 41.0 Å². The summed E-state index contributed by atoms with van der Waals surface area (Å²) < 4.78 is 11.1. The Balaban J connectivity index is 1.66. The van der Waals surface area contributed by atoms with E-state index in [2.05, 4.69) is 13.2 Å². The number of allylic oxidation sites excluding steroid dienone is 3. The van der Waals surface area contributed by atoms with Crippen LogP contribution in [-0.2, 0) is 4.74 Å². The molecular formula is C15H14O3. The average Bonchev–Trinajstić information content (AvgIpc) is 2.92. The van der Waals surface area contributed by atoms with Gasteiger partial charge in [-0.2, -0.15) is 0 Å². The highest BCUT2D eigenvalue weighted by atomic mass is 16.5. The molecule has 0 spiro atoms. The fraction of sp³-hybridized carbons (Fsp3) is 0.267. The molecule has 0 fully saturated rings. The summed E-state index contributed by atoms with van der Waals surface area (Å²) in [5.74, 6) is 2.47. The van der Waals surface area contributed by atoms with Gasteiger partial charge in [-0.25, -0.2) is 0 Å². The van der Waals surface area contributed by atoms with Gasteiger partial charge < -0.3 is 9.15 Å². The summed E-state index contributed by atoms with van der Waals surface area (Å²) in [7, 11) is 0. The van der Waals surface area contributed by atoms with Crippen molar-refractivity contribution in [2.75, 3.05) is 6.61 Å². The van der Waals surface area contributed by atoms with Crippen LogP contribution >= 0.6 is 0 Å². The second-order valence-electron chi connectivity index (χ2n) is 4.75. The number of carbonyl (C=O) groups excluding carboxylic acids is 1. The van der Waals surface area contributed by atoms with Gasteiger partial charge in [-0.1, -0.05) is 13.2 Å². The molecule has 3 rings (SSSR count). The Labute approximate surface area is 105 Å². The number of hydrogen-bond acceptors (Lipinski definition) is 3. The predicted octanol–water partition coefficient (Wildman–Crippen LogP) is 3.45. The van der Waals surface area contributed by atoms with Crippen molar-refractivity contribution in [1.82, 2.24) is 0 Å². The summed E-state index contributed by atoms with van der Waals surface area (Å²) in [6.45, 7) is 9.96. The number of ketones is 1. The average molecular weight is 242 g/mol. The van der Waals surface area contributed by atoms with Crippen LogP contribution in [-0.4, -0.2) is 12.4 Å². The van der Waals surface area contributed by atoms with E-state index in [0.717, 1.165) is 29.1 Å². The highest BCUT2D eigenvalue weighted by Crippen LogP contribution is 2.49. The molecule has 92 valence electrons. The minimum atomic E-state index is 0.0600. The molecule has 2 heterocycles. The number of carbonyl (C=O) groups is 1. The van der Waals surface area contributed by atoms with Crippen molar-refractivity contribution in [2.24, 2.45) is 0 Å². The predicted molar refractivity (Wildman–Crippen MR) is 68.3 cm³/mol. The first-order chi connectivity index (χ1) is 8.58. The fourth-order valence-corrected chi connectivity index (χ4v) is 2.40. The van der Waals surface area contributed by atoms with Crippen LogP contribution in [0.4, 0.5) is 0 Å². The van der Waals surface area contributed by atoms with Crippen molar-refractivity contribution in [1.29, 1.82) is 0 Å². The minimum Gasteiger partial charge on any atom is -0.494 e. The lowest BCUT2D eigenvalue weighted by atomic mass is 9.92. The summed E-state index contributed by atoms with van der Waals surface area (Å²) >= 11 is 0. The van der Waals surface area contributed by atoms with Crippen LogP contribution < -0.4 is 0 Å². The van der Waals surface area contributed by atoms with E-state index in [-0.39, 0.29) is 11.7 Å². The van der Waals surface area contributed by atoms with E-state index in [9.17, 15) is 4.79 Å². The lowest BCUT2D eigenvalue weighted by Gasteiger charge is -2.13. The SMILES string of the molecule is C=C(C)C(=C)OCCC1C2=CC(=O)c3cc1oc32. The quantitative estimate of drug-likeness (QED) is 0.586. The Morgan fingerprint density at radius 1 is 1.50 bits per heavy atom. The van der Waals surface area contributed by atoms with Crippen LogP contribution in [0, 0.1) is 0 Å². The van der Waals surface area contributed by atoms with Gasteiger partial charge in [0.25, 0.3) is 0 Å². The molecule has 3 heteroatoms. The van der Waals surface area contributed by atoms with Gasteiger partial charge in [0.2, 0.25) is 0 Å². The minimum absolute atomic E-state index is 0.0600. The second-order valence-corrected chi connectivity index (χ2v) is 4.75. The van der Waals surface area contributed by atoms with Gasteiger partial charge in [0, 0.05) is 11.5 Å². The molecule has 0 aromatic carbocycles. The molecule has 1 aromatic rings. The van der Waals surface area contributed by atoms with Crippen molar-refractivity contribution >= 4 is 11.4 Å². The monoisotopic (exact) mass is 242 g/mol. The zero-order valence-electron chi connectivity index (χ0n) is 10.3. The molecule has 0 N–H and O–H groups in total. The van der Waals surface area contributed by atoms with Crippen LogP contribution in [0.3, 0.4) is 0 Å². The van der Waals surface area contributed by atoms with Crippen molar-refractivity contribution in [3.05, 3.63) is 53.7 Å². The van der Waals surface area contributed by atoms with E-state index in [0.29, 0.717) is 17.9 Å². The molecule has 1 atom stereocenters. The maximum absolute atomic E-state index is 11.6. The highest BCUT2D eigenvalue weighted by Gasteiger charge is 2.39. The lowest BCUT2D eigenvalue weighted by Crippen LogP contribution is -2.03. The van der Waals surface area contributed by atoms with Crippen LogP contribution in [0.2, 0.25) is 0 Å². The van der Waals surface area contributed by atoms with Gasteiger partial charge in [-0.15, -0.1) is 0 Å². The molecule has 2 bridgehead atoms. The molecule has 1 aliphatic heterocycles. The van der Waals surface area contributed by atoms with Crippen molar-refractivity contribution in [3.63, 3.8) is 0 Å². The number of rotatable bonds is 5. The molecule has 0 radical (unpaired) electrons. The number of ether oxygens (including phenoxy) is 1. The van der Waals surface area contributed by atoms with Gasteiger partial charge in [0.05, 0.1) is 12.2 Å². The third kappa shape index (κ3) is 1.47. The Bertz CT molecular complexity index is 601. The Kier molecular flexibility index (Phi) is 2.30. The molecule has 1 aromatic heterocycles. The normalized spacial score (nSPS) is 19.1. The first-order valence-corrected chi connectivity index (χ1v) is 5.95. The maximum atomic E-state index is 11.6. The van der Waals surface area contributed by atoms with Crippen molar-refractivity contribution in [2.45, 2.75) is 19.3 Å². The summed E-state index contributed by atoms with van der Waals surface area (Å²) in [5, 5.41) is 0. The van der Waals surface area contributed by atoms with E-state index in [1.165, 1.54) is 0 Å². The molecule has 1 aliphatic carbocycles.